The summed E-state index contributed by atoms with van der Waals surface area (Å²) in [6.45, 7) is 9.38. The first kappa shape index (κ1) is 29.6. The van der Waals surface area contributed by atoms with Gasteiger partial charge in [-0.05, 0) is 80.9 Å². The van der Waals surface area contributed by atoms with Gasteiger partial charge in [0, 0.05) is 38.2 Å². The molecule has 7 rings (SSSR count). The first-order valence-electron chi connectivity index (χ1n) is 16.4. The molecule has 0 radical (unpaired) electrons. The third kappa shape index (κ3) is 7.11. The molecule has 2 aromatic heterocycles. The van der Waals surface area contributed by atoms with Gasteiger partial charge < -0.3 is 23.9 Å². The van der Waals surface area contributed by atoms with E-state index in [1.165, 1.54) is 32.4 Å². The van der Waals surface area contributed by atoms with Crippen molar-refractivity contribution in [1.29, 1.82) is 0 Å². The van der Waals surface area contributed by atoms with E-state index in [2.05, 4.69) is 37.5 Å². The Bertz CT molecular complexity index is 1770. The first-order valence-corrected chi connectivity index (χ1v) is 16.4. The van der Waals surface area contributed by atoms with Gasteiger partial charge >= 0.3 is 0 Å². The summed E-state index contributed by atoms with van der Waals surface area (Å²) >= 11 is 0. The summed E-state index contributed by atoms with van der Waals surface area (Å²) in [5.74, 6) is 1.78. The minimum absolute atomic E-state index is 0.156. The molecule has 4 heterocycles. The number of imidazole rings is 1. The van der Waals surface area contributed by atoms with E-state index in [1.807, 2.05) is 48.5 Å². The lowest BCUT2D eigenvalue weighted by molar-refractivity contribution is 0.0322. The van der Waals surface area contributed by atoms with Crippen LogP contribution in [0, 0.1) is 0 Å². The fourth-order valence-corrected chi connectivity index (χ4v) is 6.55. The van der Waals surface area contributed by atoms with Crippen molar-refractivity contribution in [3.8, 4) is 17.1 Å². The van der Waals surface area contributed by atoms with Crippen LogP contribution >= 0.6 is 0 Å². The number of likely N-dealkylation sites (tertiary alicyclic amines) is 1. The number of ether oxygens (including phenoxy) is 2. The molecule has 9 nitrogen and oxygen atoms in total. The van der Waals surface area contributed by atoms with Crippen molar-refractivity contribution in [2.75, 3.05) is 59.1 Å². The summed E-state index contributed by atoms with van der Waals surface area (Å²) in [6.07, 6.45) is 5.46. The van der Waals surface area contributed by atoms with Gasteiger partial charge in [0.05, 0.1) is 35.3 Å². The van der Waals surface area contributed by atoms with Gasteiger partial charge in [-0.1, -0.05) is 36.8 Å². The monoisotopic (exact) mass is 606 g/mol. The molecule has 0 unspecified atom stereocenters. The summed E-state index contributed by atoms with van der Waals surface area (Å²) in [5, 5.41) is 0. The lowest BCUT2D eigenvalue weighted by Gasteiger charge is -2.26. The van der Waals surface area contributed by atoms with Gasteiger partial charge in [-0.25, -0.2) is 9.97 Å². The molecule has 9 heteroatoms. The van der Waals surface area contributed by atoms with E-state index in [1.54, 1.807) is 0 Å². The van der Waals surface area contributed by atoms with E-state index in [4.69, 9.17) is 19.4 Å². The van der Waals surface area contributed by atoms with Gasteiger partial charge in [-0.3, -0.25) is 9.69 Å². The molecule has 0 saturated carbocycles. The highest BCUT2D eigenvalue weighted by Crippen LogP contribution is 2.29. The van der Waals surface area contributed by atoms with Crippen molar-refractivity contribution < 1.29 is 9.47 Å². The molecule has 2 saturated heterocycles. The number of aryl methyl sites for hydroxylation is 1. The van der Waals surface area contributed by atoms with Crippen molar-refractivity contribution >= 4 is 22.1 Å². The summed E-state index contributed by atoms with van der Waals surface area (Å²) < 4.78 is 13.9. The Morgan fingerprint density at radius 2 is 1.58 bits per heavy atom. The van der Waals surface area contributed by atoms with Crippen LogP contribution in [0.2, 0.25) is 0 Å². The molecule has 0 spiro atoms. The van der Waals surface area contributed by atoms with Gasteiger partial charge in [-0.15, -0.1) is 0 Å². The number of benzene rings is 3. The van der Waals surface area contributed by atoms with Crippen molar-refractivity contribution in [3.05, 3.63) is 88.3 Å². The van der Waals surface area contributed by atoms with Crippen molar-refractivity contribution in [2.24, 2.45) is 0 Å². The Labute approximate surface area is 263 Å². The second kappa shape index (κ2) is 13.9. The molecule has 1 N–H and O–H groups in total. The zero-order chi connectivity index (χ0) is 30.4. The van der Waals surface area contributed by atoms with Crippen LogP contribution in [0.4, 0.5) is 0 Å². The predicted octanol–water partition coefficient (Wildman–Crippen LogP) is 5.12. The SMILES string of the molecule is O=c1[nH]c2cc3nc(-c4ccc(OCCN5CCOCC5)cc4)n(CCCN4CCCCC4)c3cc2nc1Cc1ccccc1. The van der Waals surface area contributed by atoms with Crippen LogP contribution in [0.5, 0.6) is 5.75 Å². The standard InChI is InChI=1S/C36H42N6O3/c43-36-33(24-27-8-3-1-4-9-27)37-31-26-34-32(25-30(31)39-36)38-35(42(34)17-7-16-40-14-5-2-6-15-40)28-10-12-29(13-11-28)45-23-20-41-18-21-44-22-19-41/h1,3-4,8-13,25-26H,2,5-7,14-24H2,(H,39,43). The fraction of sp³-hybridized carbons (Fsp3) is 0.417. The maximum Gasteiger partial charge on any atom is 0.270 e. The minimum atomic E-state index is -0.156. The summed E-state index contributed by atoms with van der Waals surface area (Å²) in [7, 11) is 0. The Kier molecular flexibility index (Phi) is 9.18. The molecule has 0 bridgehead atoms. The van der Waals surface area contributed by atoms with Crippen molar-refractivity contribution in [1.82, 2.24) is 29.3 Å². The highest BCUT2D eigenvalue weighted by Gasteiger charge is 2.17. The Balaban J connectivity index is 1.17. The van der Waals surface area contributed by atoms with Gasteiger partial charge in [0.15, 0.2) is 0 Å². The smallest absolute Gasteiger partial charge is 0.270 e. The number of aromatic amines is 1. The van der Waals surface area contributed by atoms with Gasteiger partial charge in [0.2, 0.25) is 0 Å². The van der Waals surface area contributed by atoms with E-state index < -0.39 is 0 Å². The molecule has 0 amide bonds. The molecule has 234 valence electrons. The Morgan fingerprint density at radius 1 is 0.800 bits per heavy atom. The normalized spacial score (nSPS) is 16.4. The zero-order valence-corrected chi connectivity index (χ0v) is 25.9. The van der Waals surface area contributed by atoms with Crippen LogP contribution in [-0.4, -0.2) is 88.4 Å². The first-order chi connectivity index (χ1) is 22.2. The number of rotatable bonds is 11. The summed E-state index contributed by atoms with van der Waals surface area (Å²) in [5.41, 5.74) is 5.85. The minimum Gasteiger partial charge on any atom is -0.492 e. The van der Waals surface area contributed by atoms with Crippen LogP contribution in [0.15, 0.2) is 71.5 Å². The maximum atomic E-state index is 13.0. The van der Waals surface area contributed by atoms with Crippen LogP contribution in [0.25, 0.3) is 33.5 Å². The molecule has 5 aromatic rings. The Morgan fingerprint density at radius 3 is 2.38 bits per heavy atom. The molecule has 2 aliphatic rings. The highest BCUT2D eigenvalue weighted by atomic mass is 16.5. The molecule has 2 aliphatic heterocycles. The second-order valence-corrected chi connectivity index (χ2v) is 12.2. The number of piperidine rings is 1. The quantitative estimate of drug-likeness (QED) is 0.223. The summed E-state index contributed by atoms with van der Waals surface area (Å²) in [6, 6.07) is 22.4. The number of fused-ring (bicyclic) bond motifs is 2. The van der Waals surface area contributed by atoms with Crippen molar-refractivity contribution in [2.45, 2.75) is 38.6 Å². The third-order valence-electron chi connectivity index (χ3n) is 9.04. The number of morpholine rings is 1. The lowest BCUT2D eigenvalue weighted by atomic mass is 10.1. The van der Waals surface area contributed by atoms with Crippen LogP contribution in [0.3, 0.4) is 0 Å². The Hall–Kier alpha value is -4.05. The highest BCUT2D eigenvalue weighted by molar-refractivity contribution is 5.93. The number of nitrogens with one attached hydrogen (secondary N) is 1. The second-order valence-electron chi connectivity index (χ2n) is 12.2. The van der Waals surface area contributed by atoms with Gasteiger partial charge in [0.25, 0.3) is 5.56 Å². The molecule has 3 aromatic carbocycles. The predicted molar refractivity (Wildman–Crippen MR) is 178 cm³/mol. The molecule has 2 fully saturated rings. The van der Waals surface area contributed by atoms with Crippen LogP contribution in [-0.2, 0) is 17.7 Å². The molecule has 0 aliphatic carbocycles. The lowest BCUT2D eigenvalue weighted by Crippen LogP contribution is -2.38. The fourth-order valence-electron chi connectivity index (χ4n) is 6.55. The number of H-pyrrole nitrogens is 1. The summed E-state index contributed by atoms with van der Waals surface area (Å²) in [4.78, 5) is 31.0. The average molecular weight is 607 g/mol. The maximum absolute atomic E-state index is 13.0. The van der Waals surface area contributed by atoms with E-state index in [-0.39, 0.29) is 5.56 Å². The number of aromatic nitrogens is 4. The molecular formula is C36H42N6O3. The average Bonchev–Trinajstić information content (AvgIpc) is 3.43. The van der Waals surface area contributed by atoms with E-state index in [9.17, 15) is 4.79 Å². The number of nitrogens with zero attached hydrogens (tertiary/aromatic N) is 5. The van der Waals surface area contributed by atoms with E-state index >= 15 is 0 Å². The van der Waals surface area contributed by atoms with Crippen LogP contribution in [0.1, 0.15) is 36.9 Å². The van der Waals surface area contributed by atoms with Crippen LogP contribution < -0.4 is 10.3 Å². The number of hydrogen-bond acceptors (Lipinski definition) is 7. The molecular weight excluding hydrogens is 564 g/mol. The third-order valence-corrected chi connectivity index (χ3v) is 9.04. The zero-order valence-electron chi connectivity index (χ0n) is 25.9. The van der Waals surface area contributed by atoms with E-state index in [0.29, 0.717) is 24.2 Å². The number of hydrogen-bond donors (Lipinski definition) is 1. The topological polar surface area (TPSA) is 88.5 Å². The van der Waals surface area contributed by atoms with Crippen molar-refractivity contribution in [3.63, 3.8) is 0 Å². The molecule has 0 atom stereocenters. The van der Waals surface area contributed by atoms with E-state index in [0.717, 1.165) is 91.6 Å². The van der Waals surface area contributed by atoms with Gasteiger partial charge in [0.1, 0.15) is 23.9 Å². The molecule has 45 heavy (non-hydrogen) atoms. The largest absolute Gasteiger partial charge is 0.492 e. The van der Waals surface area contributed by atoms with Gasteiger partial charge in [-0.2, -0.15) is 0 Å².